The molecule has 0 nitrogen and oxygen atoms in total. The lowest BCUT2D eigenvalue weighted by Gasteiger charge is -2.37. The second kappa shape index (κ2) is 4.13. The molecule has 0 amide bonds. The largest absolute Gasteiger partial charge is 0.0891 e. The van der Waals surface area contributed by atoms with Crippen LogP contribution in [0.1, 0.15) is 52.9 Å². The Morgan fingerprint density at radius 1 is 1.17 bits per heavy atom. The van der Waals surface area contributed by atoms with Crippen molar-refractivity contribution >= 4 is 15.9 Å². The Labute approximate surface area is 85.3 Å². The van der Waals surface area contributed by atoms with E-state index >= 15 is 0 Å². The first-order valence-electron chi connectivity index (χ1n) is 5.20. The lowest BCUT2D eigenvalue weighted by Crippen LogP contribution is -2.27. The maximum atomic E-state index is 3.70. The van der Waals surface area contributed by atoms with Crippen LogP contribution in [0.3, 0.4) is 0 Å². The van der Waals surface area contributed by atoms with Gasteiger partial charge in [0.2, 0.25) is 0 Å². The van der Waals surface area contributed by atoms with E-state index in [1.54, 1.807) is 0 Å². The molecule has 0 atom stereocenters. The van der Waals surface area contributed by atoms with Crippen molar-refractivity contribution in [1.29, 1.82) is 0 Å². The maximum absolute atomic E-state index is 3.70. The molecule has 1 rings (SSSR count). The van der Waals surface area contributed by atoms with Gasteiger partial charge in [0, 0.05) is 4.83 Å². The molecule has 1 aliphatic rings. The van der Waals surface area contributed by atoms with Gasteiger partial charge in [0.15, 0.2) is 0 Å². The molecule has 0 aromatic heterocycles. The van der Waals surface area contributed by atoms with Crippen LogP contribution in [0.15, 0.2) is 0 Å². The van der Waals surface area contributed by atoms with Gasteiger partial charge in [-0.3, -0.25) is 0 Å². The van der Waals surface area contributed by atoms with Crippen LogP contribution in [-0.4, -0.2) is 4.83 Å². The summed E-state index contributed by atoms with van der Waals surface area (Å²) < 4.78 is 0. The third kappa shape index (κ3) is 2.48. The Hall–Kier alpha value is 0.480. The first-order valence-corrected chi connectivity index (χ1v) is 6.12. The molecule has 0 saturated heterocycles. The van der Waals surface area contributed by atoms with E-state index in [1.165, 1.54) is 32.1 Å². The fraction of sp³-hybridized carbons (Fsp3) is 1.00. The molecule has 0 N–H and O–H groups in total. The second-order valence-electron chi connectivity index (χ2n) is 4.79. The van der Waals surface area contributed by atoms with Gasteiger partial charge in [0.1, 0.15) is 0 Å². The zero-order chi connectivity index (χ0) is 9.19. The van der Waals surface area contributed by atoms with Crippen molar-refractivity contribution in [3.63, 3.8) is 0 Å². The normalized spacial score (nSPS) is 32.0. The monoisotopic (exact) mass is 232 g/mol. The van der Waals surface area contributed by atoms with Crippen molar-refractivity contribution in [2.75, 3.05) is 0 Å². The van der Waals surface area contributed by atoms with Gasteiger partial charge in [-0.1, -0.05) is 43.1 Å². The van der Waals surface area contributed by atoms with E-state index in [-0.39, 0.29) is 0 Å². The van der Waals surface area contributed by atoms with Crippen LogP contribution in [0, 0.1) is 11.3 Å². The molecule has 0 aliphatic heterocycles. The topological polar surface area (TPSA) is 0 Å². The summed E-state index contributed by atoms with van der Waals surface area (Å²) in [4.78, 5) is 0.807. The summed E-state index contributed by atoms with van der Waals surface area (Å²) in [5.41, 5.74) is 0.577. The lowest BCUT2D eigenvalue weighted by molar-refractivity contribution is 0.155. The molecule has 72 valence electrons. The predicted octanol–water partition coefficient (Wildman–Crippen LogP) is 4.38. The summed E-state index contributed by atoms with van der Waals surface area (Å²) >= 11 is 3.70. The maximum Gasteiger partial charge on any atom is 0.0146 e. The molecule has 1 aliphatic carbocycles. The Morgan fingerprint density at radius 2 is 1.67 bits per heavy atom. The molecular weight excluding hydrogens is 212 g/mol. The smallest absolute Gasteiger partial charge is 0.0146 e. The minimum Gasteiger partial charge on any atom is -0.0891 e. The van der Waals surface area contributed by atoms with Gasteiger partial charge in [-0.2, -0.15) is 0 Å². The molecule has 0 aromatic carbocycles. The molecule has 0 bridgehead atoms. The highest BCUT2D eigenvalue weighted by Gasteiger charge is 2.30. The predicted molar refractivity (Wildman–Crippen MR) is 58.7 cm³/mol. The number of hydrogen-bond donors (Lipinski definition) is 0. The SMILES string of the molecule is CCC(C)(C)C1CCC(Br)CC1. The van der Waals surface area contributed by atoms with Gasteiger partial charge in [-0.15, -0.1) is 0 Å². The Balaban J connectivity index is 2.44. The minimum absolute atomic E-state index is 0.577. The lowest BCUT2D eigenvalue weighted by atomic mass is 9.70. The van der Waals surface area contributed by atoms with Gasteiger partial charge in [0.05, 0.1) is 0 Å². The quantitative estimate of drug-likeness (QED) is 0.621. The molecule has 0 unspecified atom stereocenters. The zero-order valence-corrected chi connectivity index (χ0v) is 10.2. The average molecular weight is 233 g/mol. The van der Waals surface area contributed by atoms with Crippen LogP contribution in [0.2, 0.25) is 0 Å². The number of rotatable bonds is 2. The molecule has 1 saturated carbocycles. The van der Waals surface area contributed by atoms with E-state index in [0.29, 0.717) is 5.41 Å². The Kier molecular flexibility index (Phi) is 3.63. The second-order valence-corrected chi connectivity index (χ2v) is 6.09. The van der Waals surface area contributed by atoms with Crippen molar-refractivity contribution in [3.8, 4) is 0 Å². The first kappa shape index (κ1) is 10.6. The first-order chi connectivity index (χ1) is 5.56. The fourth-order valence-corrected chi connectivity index (χ4v) is 2.65. The Bertz CT molecular complexity index is 132. The number of alkyl halides is 1. The summed E-state index contributed by atoms with van der Waals surface area (Å²) in [5.74, 6) is 0.969. The minimum atomic E-state index is 0.577. The molecule has 0 aromatic rings. The van der Waals surface area contributed by atoms with Crippen molar-refractivity contribution < 1.29 is 0 Å². The third-order valence-electron chi connectivity index (χ3n) is 3.67. The van der Waals surface area contributed by atoms with Crippen LogP contribution in [0.4, 0.5) is 0 Å². The standard InChI is InChI=1S/C11H21Br/c1-4-11(2,3)9-5-7-10(12)8-6-9/h9-10H,4-8H2,1-3H3. The summed E-state index contributed by atoms with van der Waals surface area (Å²) in [6, 6.07) is 0. The van der Waals surface area contributed by atoms with Gasteiger partial charge in [0.25, 0.3) is 0 Å². The molecule has 1 fully saturated rings. The molecule has 0 spiro atoms. The van der Waals surface area contributed by atoms with Crippen LogP contribution >= 0.6 is 15.9 Å². The Morgan fingerprint density at radius 3 is 2.08 bits per heavy atom. The average Bonchev–Trinajstić information content (AvgIpc) is 2.05. The van der Waals surface area contributed by atoms with Crippen molar-refractivity contribution in [3.05, 3.63) is 0 Å². The van der Waals surface area contributed by atoms with E-state index in [9.17, 15) is 0 Å². The van der Waals surface area contributed by atoms with Gasteiger partial charge >= 0.3 is 0 Å². The summed E-state index contributed by atoms with van der Waals surface area (Å²) in [6.45, 7) is 7.17. The number of hydrogen-bond acceptors (Lipinski definition) is 0. The van der Waals surface area contributed by atoms with E-state index in [1.807, 2.05) is 0 Å². The highest BCUT2D eigenvalue weighted by molar-refractivity contribution is 9.09. The molecule has 12 heavy (non-hydrogen) atoms. The molecule has 0 radical (unpaired) electrons. The van der Waals surface area contributed by atoms with E-state index < -0.39 is 0 Å². The van der Waals surface area contributed by atoms with Gasteiger partial charge in [-0.25, -0.2) is 0 Å². The van der Waals surface area contributed by atoms with Crippen molar-refractivity contribution in [1.82, 2.24) is 0 Å². The van der Waals surface area contributed by atoms with Gasteiger partial charge in [-0.05, 0) is 37.0 Å². The summed E-state index contributed by atoms with van der Waals surface area (Å²) in [7, 11) is 0. The summed E-state index contributed by atoms with van der Waals surface area (Å²) in [5, 5.41) is 0. The van der Waals surface area contributed by atoms with E-state index in [4.69, 9.17) is 0 Å². The van der Waals surface area contributed by atoms with Crippen LogP contribution in [0.25, 0.3) is 0 Å². The number of halogens is 1. The van der Waals surface area contributed by atoms with Crippen molar-refractivity contribution in [2.45, 2.75) is 57.7 Å². The van der Waals surface area contributed by atoms with E-state index in [0.717, 1.165) is 10.7 Å². The molecular formula is C11H21Br. The molecule has 0 heterocycles. The highest BCUT2D eigenvalue weighted by Crippen LogP contribution is 2.41. The van der Waals surface area contributed by atoms with Crippen LogP contribution in [0.5, 0.6) is 0 Å². The molecule has 1 heteroatoms. The van der Waals surface area contributed by atoms with Gasteiger partial charge < -0.3 is 0 Å². The van der Waals surface area contributed by atoms with Crippen molar-refractivity contribution in [2.24, 2.45) is 11.3 Å². The van der Waals surface area contributed by atoms with Crippen LogP contribution < -0.4 is 0 Å². The highest BCUT2D eigenvalue weighted by atomic mass is 79.9. The van der Waals surface area contributed by atoms with Crippen LogP contribution in [-0.2, 0) is 0 Å². The third-order valence-corrected chi connectivity index (χ3v) is 4.59. The fourth-order valence-electron chi connectivity index (χ4n) is 2.12. The summed E-state index contributed by atoms with van der Waals surface area (Å²) in [6.07, 6.45) is 6.94. The zero-order valence-electron chi connectivity index (χ0n) is 8.57. The van der Waals surface area contributed by atoms with E-state index in [2.05, 4.69) is 36.7 Å².